The molecule has 3 saturated heterocycles. The molecule has 7 N–H and O–H groups in total. The summed E-state index contributed by atoms with van der Waals surface area (Å²) in [5.41, 5.74) is 4.61. The maximum absolute atomic E-state index is 14.3. The average Bonchev–Trinajstić information content (AvgIpc) is 3.86. The number of hydrogen-bond donors (Lipinski definition) is 5. The molecule has 0 spiro atoms. The number of primary sulfonamides is 1. The van der Waals surface area contributed by atoms with Gasteiger partial charge in [0.25, 0.3) is 0 Å². The third-order valence-corrected chi connectivity index (χ3v) is 13.8. The fourth-order valence-corrected chi connectivity index (χ4v) is 9.37. The van der Waals surface area contributed by atoms with Gasteiger partial charge in [-0.2, -0.15) is 0 Å². The van der Waals surface area contributed by atoms with E-state index in [1.54, 1.807) is 51.4 Å². The standard InChI is InChI=1S/C42H67N7O12S/c1-10-33-42(8,54)37(52)25(4)34(46-61-24(3)19-43)29-18-41(7,57-22-29)38(26(5)35(50)27(6)39(53)59-33)60-40-36(51)32(17-23(2)58-40)48(9)16-15-30-21-49(47-45-30)20-28-11-13-31(14-12-28)62(44,55)56/h11-14,21,23-27,29,32-33,36-38,40,51-52,54H,10,15-20,22,43H2,1-9H3,(H2,44,55,56)/b46-34-/t23-,24-,25+,26+,27-,29+,32+,33-,36-,37-,38-,40+,41-,42-/m1/s1. The molecule has 5 rings (SSSR count). The number of ether oxygens (including phenoxy) is 4. The number of nitrogens with two attached hydrogens (primary N) is 2. The second-order valence-corrected chi connectivity index (χ2v) is 19.5. The quantitative estimate of drug-likeness (QED) is 0.107. The molecule has 3 aliphatic rings. The van der Waals surface area contributed by atoms with Gasteiger partial charge >= 0.3 is 5.97 Å². The van der Waals surface area contributed by atoms with Crippen molar-refractivity contribution < 1.29 is 57.1 Å². The van der Waals surface area contributed by atoms with Crippen molar-refractivity contribution in [2.45, 2.75) is 153 Å². The number of cyclic esters (lactones) is 1. The number of sulfonamides is 1. The van der Waals surface area contributed by atoms with Crippen LogP contribution < -0.4 is 10.9 Å². The highest BCUT2D eigenvalue weighted by atomic mass is 32.2. The number of rotatable bonds is 13. The molecule has 0 radical (unpaired) electrons. The molecule has 1 aromatic heterocycles. The number of nitrogens with zero attached hydrogens (tertiary/aromatic N) is 5. The first-order chi connectivity index (χ1) is 29.0. The van der Waals surface area contributed by atoms with Crippen LogP contribution in [-0.2, 0) is 56.4 Å². The first-order valence-corrected chi connectivity index (χ1v) is 23.0. The van der Waals surface area contributed by atoms with E-state index in [0.717, 1.165) is 5.56 Å². The number of oxime groups is 1. The molecule has 0 saturated carbocycles. The van der Waals surface area contributed by atoms with E-state index in [2.05, 4.69) is 15.5 Å². The largest absolute Gasteiger partial charge is 0.459 e. The van der Waals surface area contributed by atoms with E-state index in [9.17, 15) is 33.3 Å². The normalized spacial score (nSPS) is 36.4. The van der Waals surface area contributed by atoms with Crippen LogP contribution in [-0.4, -0.2) is 148 Å². The Morgan fingerprint density at radius 1 is 1.11 bits per heavy atom. The molecule has 14 atom stereocenters. The number of ketones is 1. The smallest absolute Gasteiger partial charge is 0.316 e. The van der Waals surface area contributed by atoms with Crippen LogP contribution in [0.3, 0.4) is 0 Å². The minimum Gasteiger partial charge on any atom is -0.459 e. The Hall–Kier alpha value is -3.44. The number of likely N-dealkylation sites (N-methyl/N-ethyl adjacent to an activating group) is 1. The lowest BCUT2D eigenvalue weighted by Gasteiger charge is -2.46. The van der Waals surface area contributed by atoms with Crippen LogP contribution in [0, 0.1) is 23.7 Å². The summed E-state index contributed by atoms with van der Waals surface area (Å²) in [6, 6.07) is 5.79. The summed E-state index contributed by atoms with van der Waals surface area (Å²) in [7, 11) is -1.91. The maximum Gasteiger partial charge on any atom is 0.316 e. The highest BCUT2D eigenvalue weighted by molar-refractivity contribution is 7.89. The van der Waals surface area contributed by atoms with E-state index in [1.165, 1.54) is 26.0 Å². The first-order valence-electron chi connectivity index (χ1n) is 21.4. The number of aromatic nitrogens is 3. The summed E-state index contributed by atoms with van der Waals surface area (Å²) in [4.78, 5) is 35.7. The van der Waals surface area contributed by atoms with Gasteiger partial charge in [-0.25, -0.2) is 18.2 Å². The van der Waals surface area contributed by atoms with Crippen LogP contribution in [0.1, 0.15) is 85.9 Å². The summed E-state index contributed by atoms with van der Waals surface area (Å²) < 4.78 is 50.2. The Bertz CT molecular complexity index is 1980. The Morgan fingerprint density at radius 3 is 2.42 bits per heavy atom. The van der Waals surface area contributed by atoms with Crippen LogP contribution >= 0.6 is 0 Å². The van der Waals surface area contributed by atoms with Crippen LogP contribution in [0.15, 0.2) is 40.5 Å². The number of carbonyl (C=O) groups excluding carboxylic acids is 2. The van der Waals surface area contributed by atoms with Crippen molar-refractivity contribution in [3.05, 3.63) is 41.7 Å². The molecule has 3 aliphatic heterocycles. The Balaban J connectivity index is 1.37. The molecule has 1 aromatic carbocycles. The van der Waals surface area contributed by atoms with Crippen molar-refractivity contribution in [2.75, 3.05) is 26.7 Å². The number of Topliss-reactive ketones (excluding diaryl/α,β-unsaturated/α-hetero) is 1. The number of fused-ring (bicyclic) bond motifs is 2. The molecular weight excluding hydrogens is 827 g/mol. The van der Waals surface area contributed by atoms with Gasteiger partial charge in [0, 0.05) is 49.5 Å². The van der Waals surface area contributed by atoms with E-state index in [1.807, 2.05) is 25.1 Å². The molecule has 62 heavy (non-hydrogen) atoms. The highest BCUT2D eigenvalue weighted by Crippen LogP contribution is 2.43. The lowest BCUT2D eigenvalue weighted by Crippen LogP contribution is -2.59. The molecule has 0 amide bonds. The molecule has 0 unspecified atom stereocenters. The van der Waals surface area contributed by atoms with Gasteiger partial charge in [0.05, 0.1) is 53.4 Å². The monoisotopic (exact) mass is 893 g/mol. The van der Waals surface area contributed by atoms with E-state index in [-0.39, 0.29) is 37.0 Å². The Morgan fingerprint density at radius 2 is 1.79 bits per heavy atom. The zero-order valence-electron chi connectivity index (χ0n) is 37.3. The van der Waals surface area contributed by atoms with Crippen molar-refractivity contribution in [3.8, 4) is 0 Å². The van der Waals surface area contributed by atoms with Gasteiger partial charge in [-0.1, -0.05) is 43.3 Å². The van der Waals surface area contributed by atoms with Gasteiger partial charge in [0.2, 0.25) is 10.0 Å². The number of hydrogen-bond acceptors (Lipinski definition) is 17. The Labute approximate surface area is 364 Å². The number of aliphatic hydroxyl groups excluding tert-OH is 2. The van der Waals surface area contributed by atoms with Crippen molar-refractivity contribution in [1.29, 1.82) is 0 Å². The van der Waals surface area contributed by atoms with Crippen molar-refractivity contribution >= 4 is 27.5 Å². The molecule has 2 aromatic rings. The van der Waals surface area contributed by atoms with Crippen molar-refractivity contribution in [2.24, 2.45) is 39.7 Å². The molecule has 348 valence electrons. The molecule has 20 heteroatoms. The molecule has 2 bridgehead atoms. The minimum atomic E-state index is -3.80. The lowest BCUT2D eigenvalue weighted by molar-refractivity contribution is -0.293. The van der Waals surface area contributed by atoms with Crippen LogP contribution in [0.5, 0.6) is 0 Å². The van der Waals surface area contributed by atoms with Crippen molar-refractivity contribution in [1.82, 2.24) is 19.9 Å². The van der Waals surface area contributed by atoms with E-state index in [0.29, 0.717) is 37.3 Å². The maximum atomic E-state index is 14.3. The molecule has 19 nitrogen and oxygen atoms in total. The van der Waals surface area contributed by atoms with Gasteiger partial charge < -0.3 is 49.7 Å². The zero-order valence-corrected chi connectivity index (χ0v) is 38.1. The Kier molecular flexibility index (Phi) is 16.1. The van der Waals surface area contributed by atoms with Gasteiger partial charge in [-0.05, 0) is 78.6 Å². The zero-order chi connectivity index (χ0) is 45.9. The second-order valence-electron chi connectivity index (χ2n) is 17.9. The second kappa shape index (κ2) is 20.2. The predicted molar refractivity (Wildman–Crippen MR) is 226 cm³/mol. The first kappa shape index (κ1) is 49.6. The van der Waals surface area contributed by atoms with Crippen molar-refractivity contribution in [3.63, 3.8) is 0 Å². The SMILES string of the molecule is CC[C@H]1OC(=O)[C@H](C)C(=O)[C@H](C)[C@@H](O[C@@H]2O[C@H](C)C[C@H](N(C)CCc3cn(Cc4ccc(S(N)(=O)=O)cc4)nn3)[C@H]2O)[C@@]2(C)C[C@@H](CO2)/C(=N\O[C@H](C)CN)[C@H](C)[C@@H](O)[C@]1(C)O. The topological polar surface area (TPSA) is 273 Å². The molecule has 4 heterocycles. The number of carbonyl (C=O) groups is 2. The number of benzene rings is 1. The predicted octanol–water partition coefficient (Wildman–Crippen LogP) is 1.14. The van der Waals surface area contributed by atoms with E-state index in [4.69, 9.17) is 34.7 Å². The van der Waals surface area contributed by atoms with Gasteiger partial charge in [0.1, 0.15) is 29.8 Å². The van der Waals surface area contributed by atoms with Crippen LogP contribution in [0.2, 0.25) is 0 Å². The van der Waals surface area contributed by atoms with Gasteiger partial charge in [-0.15, -0.1) is 5.10 Å². The third kappa shape index (κ3) is 11.3. The van der Waals surface area contributed by atoms with Crippen LogP contribution in [0.25, 0.3) is 0 Å². The fourth-order valence-electron chi connectivity index (χ4n) is 8.86. The lowest BCUT2D eigenvalue weighted by atomic mass is 9.75. The van der Waals surface area contributed by atoms with Gasteiger partial charge in [-0.3, -0.25) is 9.59 Å². The van der Waals surface area contributed by atoms with Gasteiger partial charge in [0.15, 0.2) is 12.1 Å². The number of aliphatic hydroxyl groups is 3. The fraction of sp³-hybridized carbons (Fsp3) is 0.738. The summed E-state index contributed by atoms with van der Waals surface area (Å²) in [5.74, 6) is -4.88. The highest BCUT2D eigenvalue weighted by Gasteiger charge is 2.55. The summed E-state index contributed by atoms with van der Waals surface area (Å²) in [6.07, 6.45) is -3.70. The summed E-state index contributed by atoms with van der Waals surface area (Å²) >= 11 is 0. The molecular formula is C42H67N7O12S. The average molecular weight is 894 g/mol. The number of esters is 1. The van der Waals surface area contributed by atoms with E-state index < -0.39 is 99.5 Å². The minimum absolute atomic E-state index is 0.0216. The summed E-state index contributed by atoms with van der Waals surface area (Å²) in [6.45, 7) is 14.5. The molecule has 0 aliphatic carbocycles. The third-order valence-electron chi connectivity index (χ3n) is 12.8. The summed E-state index contributed by atoms with van der Waals surface area (Å²) in [5, 5.41) is 53.6. The van der Waals surface area contributed by atoms with E-state index >= 15 is 0 Å². The molecule has 3 fully saturated rings. The van der Waals surface area contributed by atoms with Crippen LogP contribution in [0.4, 0.5) is 0 Å².